The lowest BCUT2D eigenvalue weighted by molar-refractivity contribution is 0.820. The number of fused-ring (bicyclic) bond motifs is 1. The highest BCUT2D eigenvalue weighted by molar-refractivity contribution is 7.99. The number of aromatic nitrogens is 2. The van der Waals surface area contributed by atoms with Gasteiger partial charge in [-0.1, -0.05) is 35.5 Å². The van der Waals surface area contributed by atoms with Crippen LogP contribution >= 0.6 is 23.4 Å². The highest BCUT2D eigenvalue weighted by Gasteiger charge is 2.13. The Morgan fingerprint density at radius 1 is 1.30 bits per heavy atom. The molecule has 0 atom stereocenters. The molecule has 0 radical (unpaired) electrons. The quantitative estimate of drug-likeness (QED) is 0.534. The van der Waals surface area contributed by atoms with Crippen molar-refractivity contribution in [3.05, 3.63) is 63.4 Å². The summed E-state index contributed by atoms with van der Waals surface area (Å²) in [6, 6.07) is 14.7. The van der Waals surface area contributed by atoms with Crippen LogP contribution in [0.3, 0.4) is 0 Å². The van der Waals surface area contributed by atoms with Gasteiger partial charge in [-0.25, -0.2) is 4.98 Å². The summed E-state index contributed by atoms with van der Waals surface area (Å²) in [5.41, 5.74) is 2.14. The van der Waals surface area contributed by atoms with Crippen molar-refractivity contribution in [1.29, 1.82) is 5.26 Å². The van der Waals surface area contributed by atoms with Crippen molar-refractivity contribution in [2.75, 3.05) is 5.75 Å². The van der Waals surface area contributed by atoms with Crippen LogP contribution in [0.2, 0.25) is 5.02 Å². The van der Waals surface area contributed by atoms with Gasteiger partial charge < -0.3 is 0 Å². The predicted octanol–water partition coefficient (Wildman–Crippen LogP) is 3.96. The van der Waals surface area contributed by atoms with Crippen LogP contribution in [0.25, 0.3) is 16.6 Å². The fraction of sp³-hybridized carbons (Fsp3) is 0.118. The predicted molar refractivity (Wildman–Crippen MR) is 93.4 cm³/mol. The molecule has 0 amide bonds. The Hall–Kier alpha value is -2.29. The molecule has 3 aromatic rings. The minimum atomic E-state index is -0.169. The summed E-state index contributed by atoms with van der Waals surface area (Å²) in [5.74, 6) is 0.213. The van der Waals surface area contributed by atoms with Crippen LogP contribution in [0.5, 0.6) is 0 Å². The van der Waals surface area contributed by atoms with Crippen molar-refractivity contribution in [3.63, 3.8) is 0 Å². The summed E-state index contributed by atoms with van der Waals surface area (Å²) in [5, 5.41) is 10.4. The minimum Gasteiger partial charge on any atom is -0.268 e. The standard InChI is InChI=1S/C17H12ClN3OS/c1-11-3-2-4-13(9-11)21-16(22)14-6-5-12(18)10-15(14)20-17(21)23-8-7-19/h2-6,9-10H,8H2,1H3. The number of nitrogens with zero attached hydrogens (tertiary/aromatic N) is 3. The third kappa shape index (κ3) is 3.09. The smallest absolute Gasteiger partial charge is 0.266 e. The van der Waals surface area contributed by atoms with E-state index >= 15 is 0 Å². The maximum Gasteiger partial charge on any atom is 0.266 e. The molecule has 1 aromatic heterocycles. The van der Waals surface area contributed by atoms with E-state index in [0.717, 1.165) is 11.3 Å². The number of thioether (sulfide) groups is 1. The number of aryl methyl sites for hydroxylation is 1. The third-order valence-corrected chi connectivity index (χ3v) is 4.37. The number of nitriles is 1. The monoisotopic (exact) mass is 341 g/mol. The minimum absolute atomic E-state index is 0.169. The molecule has 0 bridgehead atoms. The van der Waals surface area contributed by atoms with Gasteiger partial charge in [-0.2, -0.15) is 5.26 Å². The first-order valence-corrected chi connectivity index (χ1v) is 8.25. The maximum absolute atomic E-state index is 12.9. The average Bonchev–Trinajstić information content (AvgIpc) is 2.52. The molecule has 0 aliphatic carbocycles. The van der Waals surface area contributed by atoms with Crippen molar-refractivity contribution in [2.24, 2.45) is 0 Å². The van der Waals surface area contributed by atoms with Crippen molar-refractivity contribution in [3.8, 4) is 11.8 Å². The van der Waals surface area contributed by atoms with E-state index in [4.69, 9.17) is 16.9 Å². The summed E-state index contributed by atoms with van der Waals surface area (Å²) >= 11 is 7.23. The Morgan fingerprint density at radius 3 is 2.87 bits per heavy atom. The van der Waals surface area contributed by atoms with Gasteiger partial charge in [0, 0.05) is 5.02 Å². The first-order chi connectivity index (χ1) is 11.1. The second kappa shape index (κ2) is 6.45. The second-order valence-electron chi connectivity index (χ2n) is 4.98. The number of rotatable bonds is 3. The van der Waals surface area contributed by atoms with Crippen LogP contribution in [-0.4, -0.2) is 15.3 Å². The van der Waals surface area contributed by atoms with E-state index in [1.807, 2.05) is 31.2 Å². The van der Waals surface area contributed by atoms with Gasteiger partial charge in [0.1, 0.15) is 0 Å². The van der Waals surface area contributed by atoms with E-state index in [2.05, 4.69) is 11.1 Å². The van der Waals surface area contributed by atoms with Gasteiger partial charge in [0.2, 0.25) is 0 Å². The Morgan fingerprint density at radius 2 is 2.13 bits per heavy atom. The molecule has 0 unspecified atom stereocenters. The van der Waals surface area contributed by atoms with E-state index in [9.17, 15) is 4.79 Å². The molecule has 0 saturated carbocycles. The van der Waals surface area contributed by atoms with Gasteiger partial charge in [0.25, 0.3) is 5.56 Å². The highest BCUT2D eigenvalue weighted by Crippen LogP contribution is 2.23. The molecule has 1 heterocycles. The third-order valence-electron chi connectivity index (χ3n) is 3.33. The molecule has 0 spiro atoms. The Bertz CT molecular complexity index is 991. The first-order valence-electron chi connectivity index (χ1n) is 6.89. The van der Waals surface area contributed by atoms with Gasteiger partial charge in [-0.3, -0.25) is 9.36 Å². The molecule has 0 N–H and O–H groups in total. The topological polar surface area (TPSA) is 58.7 Å². The van der Waals surface area contributed by atoms with E-state index < -0.39 is 0 Å². The average molecular weight is 342 g/mol. The lowest BCUT2D eigenvalue weighted by Gasteiger charge is -2.13. The lowest BCUT2D eigenvalue weighted by atomic mass is 10.2. The summed E-state index contributed by atoms with van der Waals surface area (Å²) in [6.07, 6.45) is 0. The van der Waals surface area contributed by atoms with E-state index in [-0.39, 0.29) is 11.3 Å². The van der Waals surface area contributed by atoms with Gasteiger partial charge in [-0.15, -0.1) is 0 Å². The van der Waals surface area contributed by atoms with Gasteiger partial charge in [0.15, 0.2) is 5.16 Å². The molecule has 0 fully saturated rings. The zero-order valence-corrected chi connectivity index (χ0v) is 13.9. The first kappa shape index (κ1) is 15.6. The van der Waals surface area contributed by atoms with Crippen molar-refractivity contribution < 1.29 is 0 Å². The van der Waals surface area contributed by atoms with Crippen LogP contribution in [-0.2, 0) is 0 Å². The van der Waals surface area contributed by atoms with Crippen LogP contribution in [0.15, 0.2) is 52.4 Å². The summed E-state index contributed by atoms with van der Waals surface area (Å²) in [6.45, 7) is 1.96. The molecule has 2 aromatic carbocycles. The second-order valence-corrected chi connectivity index (χ2v) is 6.36. The molecule has 0 aliphatic rings. The molecular formula is C17H12ClN3OS. The Kier molecular flexibility index (Phi) is 4.37. The zero-order chi connectivity index (χ0) is 16.4. The molecule has 3 rings (SSSR count). The number of hydrogen-bond donors (Lipinski definition) is 0. The molecule has 0 aliphatic heterocycles. The van der Waals surface area contributed by atoms with Crippen molar-refractivity contribution >= 4 is 34.3 Å². The Balaban J connectivity index is 2.33. The van der Waals surface area contributed by atoms with E-state index in [1.165, 1.54) is 11.8 Å². The number of hydrogen-bond acceptors (Lipinski definition) is 4. The lowest BCUT2D eigenvalue weighted by Crippen LogP contribution is -2.21. The molecule has 4 nitrogen and oxygen atoms in total. The Labute approximate surface area is 142 Å². The van der Waals surface area contributed by atoms with Gasteiger partial charge in [0.05, 0.1) is 28.4 Å². The molecule has 6 heteroatoms. The number of benzene rings is 2. The van der Waals surface area contributed by atoms with Crippen LogP contribution in [0.4, 0.5) is 0 Å². The van der Waals surface area contributed by atoms with Crippen molar-refractivity contribution in [2.45, 2.75) is 12.1 Å². The fourth-order valence-corrected chi connectivity index (χ4v) is 3.17. The largest absolute Gasteiger partial charge is 0.268 e. The molecule has 23 heavy (non-hydrogen) atoms. The maximum atomic E-state index is 12.9. The fourth-order valence-electron chi connectivity index (χ4n) is 2.33. The number of halogens is 1. The van der Waals surface area contributed by atoms with E-state index in [1.54, 1.807) is 22.8 Å². The van der Waals surface area contributed by atoms with Crippen LogP contribution in [0.1, 0.15) is 5.56 Å². The molecule has 114 valence electrons. The summed E-state index contributed by atoms with van der Waals surface area (Å²) < 4.78 is 1.55. The summed E-state index contributed by atoms with van der Waals surface area (Å²) in [4.78, 5) is 17.4. The normalized spacial score (nSPS) is 10.7. The molecule has 0 saturated heterocycles. The van der Waals surface area contributed by atoms with Crippen LogP contribution < -0.4 is 5.56 Å². The van der Waals surface area contributed by atoms with Gasteiger partial charge in [-0.05, 0) is 42.8 Å². The van der Waals surface area contributed by atoms with Crippen LogP contribution in [0, 0.1) is 18.3 Å². The zero-order valence-electron chi connectivity index (χ0n) is 12.3. The summed E-state index contributed by atoms with van der Waals surface area (Å²) in [7, 11) is 0. The SMILES string of the molecule is Cc1cccc(-n2c(SCC#N)nc3cc(Cl)ccc3c2=O)c1. The van der Waals surface area contributed by atoms with Gasteiger partial charge >= 0.3 is 0 Å². The highest BCUT2D eigenvalue weighted by atomic mass is 35.5. The van der Waals surface area contributed by atoms with Crippen molar-refractivity contribution in [1.82, 2.24) is 9.55 Å². The van der Waals surface area contributed by atoms with E-state index in [0.29, 0.717) is 21.1 Å². The molecular weight excluding hydrogens is 330 g/mol.